The molecule has 84 valence electrons. The standard InChI is InChI=1S/C6H5Cl7O/c7-1-5(2-8,4(9)10)3(14)6(11,12)13/h4H,1-2H2. The Balaban J connectivity index is 5.11. The minimum atomic E-state index is -2.13. The molecule has 0 radical (unpaired) electrons. The highest BCUT2D eigenvalue weighted by atomic mass is 35.6. The van der Waals surface area contributed by atoms with Crippen molar-refractivity contribution in [1.82, 2.24) is 0 Å². The van der Waals surface area contributed by atoms with Crippen LogP contribution in [0.1, 0.15) is 0 Å². The molecule has 0 aromatic carbocycles. The highest BCUT2D eigenvalue weighted by Gasteiger charge is 2.51. The van der Waals surface area contributed by atoms with Crippen LogP contribution in [0.15, 0.2) is 0 Å². The maximum atomic E-state index is 11.7. The van der Waals surface area contributed by atoms with Gasteiger partial charge in [0.1, 0.15) is 4.84 Å². The normalized spacial score (nSPS) is 13.4. The summed E-state index contributed by atoms with van der Waals surface area (Å²) in [5.41, 5.74) is -1.45. The Bertz CT molecular complexity index is 205. The van der Waals surface area contributed by atoms with Crippen LogP contribution in [-0.2, 0) is 4.79 Å². The summed E-state index contributed by atoms with van der Waals surface area (Å²) in [7, 11) is 0. The fourth-order valence-corrected chi connectivity index (χ4v) is 2.88. The Labute approximate surface area is 117 Å². The van der Waals surface area contributed by atoms with Gasteiger partial charge in [0, 0.05) is 11.8 Å². The van der Waals surface area contributed by atoms with Crippen molar-refractivity contribution in [2.45, 2.75) is 8.63 Å². The molecule has 0 aromatic rings. The lowest BCUT2D eigenvalue weighted by Crippen LogP contribution is -2.47. The van der Waals surface area contributed by atoms with Gasteiger partial charge < -0.3 is 0 Å². The number of alkyl halides is 7. The molecule has 0 aliphatic heterocycles. The predicted octanol–water partition coefficient (Wildman–Crippen LogP) is 4.19. The van der Waals surface area contributed by atoms with Crippen molar-refractivity contribution in [3.05, 3.63) is 0 Å². The summed E-state index contributed by atoms with van der Waals surface area (Å²) in [4.78, 5) is 10.5. The van der Waals surface area contributed by atoms with Gasteiger partial charge in [0.15, 0.2) is 5.78 Å². The second-order valence-electron chi connectivity index (χ2n) is 2.55. The molecule has 14 heavy (non-hydrogen) atoms. The zero-order valence-corrected chi connectivity index (χ0v) is 11.8. The van der Waals surface area contributed by atoms with Crippen LogP contribution >= 0.6 is 81.2 Å². The van der Waals surface area contributed by atoms with Gasteiger partial charge in [0.25, 0.3) is 0 Å². The van der Waals surface area contributed by atoms with Crippen LogP contribution in [-0.4, -0.2) is 26.2 Å². The van der Waals surface area contributed by atoms with Crippen molar-refractivity contribution in [2.24, 2.45) is 5.41 Å². The van der Waals surface area contributed by atoms with Crippen LogP contribution in [0.25, 0.3) is 0 Å². The molecule has 0 saturated heterocycles. The third-order valence-corrected chi connectivity index (χ3v) is 3.91. The van der Waals surface area contributed by atoms with Crippen molar-refractivity contribution >= 4 is 87.0 Å². The van der Waals surface area contributed by atoms with Gasteiger partial charge in [-0.25, -0.2) is 0 Å². The van der Waals surface area contributed by atoms with Gasteiger partial charge >= 0.3 is 0 Å². The van der Waals surface area contributed by atoms with Gasteiger partial charge in [-0.3, -0.25) is 4.79 Å². The number of rotatable bonds is 4. The molecule has 0 saturated carbocycles. The van der Waals surface area contributed by atoms with E-state index in [1.165, 1.54) is 0 Å². The molecule has 0 atom stereocenters. The van der Waals surface area contributed by atoms with E-state index in [2.05, 4.69) is 0 Å². The molecule has 1 nitrogen and oxygen atoms in total. The minimum Gasteiger partial charge on any atom is -0.294 e. The summed E-state index contributed by atoms with van der Waals surface area (Å²) in [6.07, 6.45) is 0. The maximum absolute atomic E-state index is 11.7. The zero-order chi connectivity index (χ0) is 11.6. The second-order valence-corrected chi connectivity index (χ2v) is 6.46. The molecule has 0 aliphatic rings. The lowest BCUT2D eigenvalue weighted by atomic mass is 9.90. The molecular weight excluding hydrogens is 336 g/mol. The molecule has 0 fully saturated rings. The number of hydrogen-bond donors (Lipinski definition) is 0. The molecule has 8 heteroatoms. The maximum Gasteiger partial charge on any atom is 0.249 e. The number of halogens is 7. The number of ketones is 1. The second kappa shape index (κ2) is 5.86. The summed E-state index contributed by atoms with van der Waals surface area (Å²) in [6.45, 7) is 0. The van der Waals surface area contributed by atoms with E-state index in [1.807, 2.05) is 0 Å². The monoisotopic (exact) mass is 338 g/mol. The van der Waals surface area contributed by atoms with Gasteiger partial charge in [-0.2, -0.15) is 0 Å². The third kappa shape index (κ3) is 3.35. The lowest BCUT2D eigenvalue weighted by molar-refractivity contribution is -0.125. The summed E-state index contributed by atoms with van der Waals surface area (Å²) in [5, 5.41) is 0. The Morgan fingerprint density at radius 2 is 1.43 bits per heavy atom. The minimum absolute atomic E-state index is 0.221. The molecule has 0 N–H and O–H groups in total. The smallest absolute Gasteiger partial charge is 0.249 e. The first-order valence-corrected chi connectivity index (χ1v) is 6.31. The third-order valence-electron chi connectivity index (χ3n) is 1.60. The highest BCUT2D eigenvalue weighted by molar-refractivity contribution is 6.77. The quantitative estimate of drug-likeness (QED) is 0.701. The van der Waals surface area contributed by atoms with Crippen molar-refractivity contribution in [1.29, 1.82) is 0 Å². The average Bonchev–Trinajstić information content (AvgIpc) is 2.05. The van der Waals surface area contributed by atoms with Crippen LogP contribution in [0.3, 0.4) is 0 Å². The van der Waals surface area contributed by atoms with Crippen molar-refractivity contribution < 1.29 is 4.79 Å². The number of carbonyl (C=O) groups is 1. The van der Waals surface area contributed by atoms with E-state index >= 15 is 0 Å². The van der Waals surface area contributed by atoms with Crippen molar-refractivity contribution in [3.63, 3.8) is 0 Å². The van der Waals surface area contributed by atoms with Crippen LogP contribution < -0.4 is 0 Å². The molecule has 0 aliphatic carbocycles. The van der Waals surface area contributed by atoms with E-state index in [0.717, 1.165) is 0 Å². The Hall–Kier alpha value is 1.70. The lowest BCUT2D eigenvalue weighted by Gasteiger charge is -2.31. The largest absolute Gasteiger partial charge is 0.294 e. The van der Waals surface area contributed by atoms with Crippen LogP contribution in [0.4, 0.5) is 0 Å². The molecule has 0 heterocycles. The Morgan fingerprint density at radius 3 is 1.50 bits per heavy atom. The van der Waals surface area contributed by atoms with E-state index in [9.17, 15) is 4.79 Å². The fourth-order valence-electron chi connectivity index (χ4n) is 0.655. The van der Waals surface area contributed by atoms with Crippen molar-refractivity contribution in [2.75, 3.05) is 11.8 Å². The predicted molar refractivity (Wildman–Crippen MR) is 64.7 cm³/mol. The van der Waals surface area contributed by atoms with Gasteiger partial charge in [0.05, 0.1) is 5.41 Å². The van der Waals surface area contributed by atoms with E-state index in [0.29, 0.717) is 0 Å². The van der Waals surface area contributed by atoms with Crippen molar-refractivity contribution in [3.8, 4) is 0 Å². The highest BCUT2D eigenvalue weighted by Crippen LogP contribution is 2.42. The molecule has 0 spiro atoms. The SMILES string of the molecule is O=C(C(Cl)(Cl)Cl)C(CCl)(CCl)C(Cl)Cl. The molecule has 0 unspecified atom stereocenters. The summed E-state index contributed by atoms with van der Waals surface area (Å²) in [6, 6.07) is 0. The topological polar surface area (TPSA) is 17.1 Å². The summed E-state index contributed by atoms with van der Waals surface area (Å²) in [5.74, 6) is -1.25. The number of carbonyl (C=O) groups excluding carboxylic acids is 1. The summed E-state index contributed by atoms with van der Waals surface area (Å²) < 4.78 is -2.13. The first-order chi connectivity index (χ1) is 6.22. The van der Waals surface area contributed by atoms with E-state index in [4.69, 9.17) is 81.2 Å². The van der Waals surface area contributed by atoms with Crippen LogP contribution in [0, 0.1) is 5.41 Å². The van der Waals surface area contributed by atoms with E-state index in [1.54, 1.807) is 0 Å². The van der Waals surface area contributed by atoms with Gasteiger partial charge in [-0.1, -0.05) is 34.8 Å². The first kappa shape index (κ1) is 15.7. The van der Waals surface area contributed by atoms with Gasteiger partial charge in [-0.05, 0) is 0 Å². The number of hydrogen-bond acceptors (Lipinski definition) is 1. The van der Waals surface area contributed by atoms with Gasteiger partial charge in [0.2, 0.25) is 3.79 Å². The first-order valence-electron chi connectivity index (χ1n) is 3.24. The Morgan fingerprint density at radius 1 is 1.07 bits per heavy atom. The molecule has 0 bridgehead atoms. The summed E-state index contributed by atoms with van der Waals surface area (Å²) >= 11 is 38.6. The molecule has 0 rings (SSSR count). The van der Waals surface area contributed by atoms with Gasteiger partial charge in [-0.15, -0.1) is 46.4 Å². The Kier molecular flexibility index (Phi) is 6.57. The zero-order valence-electron chi connectivity index (χ0n) is 6.55. The van der Waals surface area contributed by atoms with Crippen LogP contribution in [0.2, 0.25) is 0 Å². The van der Waals surface area contributed by atoms with E-state index in [-0.39, 0.29) is 11.8 Å². The number of Topliss-reactive ketones (excluding diaryl/α,β-unsaturated/α-hetero) is 1. The van der Waals surface area contributed by atoms with E-state index < -0.39 is 19.8 Å². The molecule has 0 aromatic heterocycles. The van der Waals surface area contributed by atoms with Crippen LogP contribution in [0.5, 0.6) is 0 Å². The fraction of sp³-hybridized carbons (Fsp3) is 0.833. The average molecular weight is 341 g/mol. The molecular formula is C6H5Cl7O. The molecule has 0 amide bonds.